The number of nitro benzene ring substituents is 2. The normalized spacial score (nSPS) is 13.9. The van der Waals surface area contributed by atoms with Crippen molar-refractivity contribution in [3.8, 4) is 0 Å². The van der Waals surface area contributed by atoms with E-state index in [4.69, 9.17) is 5.11 Å². The van der Waals surface area contributed by atoms with E-state index in [-0.39, 0.29) is 12.2 Å². The SMILES string of the molecule is Cc1cc([N+](=O)[O-])c(NC2=CC(=O)N(CCO)C2=O)c([N+](=O)[O-])c1. The van der Waals surface area contributed by atoms with Crippen LogP contribution in [0.2, 0.25) is 0 Å². The molecule has 1 aromatic carbocycles. The Hall–Kier alpha value is -3.34. The molecular weight excluding hydrogens is 324 g/mol. The standard InChI is InChI=1S/C13H12N4O7/c1-7-4-9(16(21)22)12(10(5-7)17(23)24)14-8-6-11(19)15(2-3-18)13(8)20/h4-6,14,18H,2-3H2,1H3. The van der Waals surface area contributed by atoms with Crippen LogP contribution in [-0.4, -0.2) is 44.8 Å². The number of amides is 2. The molecule has 1 aromatic rings. The Morgan fingerprint density at radius 3 is 2.17 bits per heavy atom. The largest absolute Gasteiger partial charge is 0.395 e. The molecule has 0 atom stereocenters. The number of hydrogen-bond donors (Lipinski definition) is 2. The number of imide groups is 1. The molecule has 11 heteroatoms. The first-order valence-corrected chi connectivity index (χ1v) is 6.65. The lowest BCUT2D eigenvalue weighted by molar-refractivity contribution is -0.392. The van der Waals surface area contributed by atoms with E-state index >= 15 is 0 Å². The average molecular weight is 336 g/mol. The van der Waals surface area contributed by atoms with Crippen molar-refractivity contribution in [2.75, 3.05) is 18.5 Å². The highest BCUT2D eigenvalue weighted by Crippen LogP contribution is 2.37. The predicted molar refractivity (Wildman–Crippen MR) is 80.0 cm³/mol. The van der Waals surface area contributed by atoms with E-state index in [2.05, 4.69) is 5.32 Å². The third kappa shape index (κ3) is 3.05. The molecule has 2 N–H and O–H groups in total. The lowest BCUT2D eigenvalue weighted by atomic mass is 10.1. The minimum Gasteiger partial charge on any atom is -0.395 e. The second kappa shape index (κ2) is 6.42. The summed E-state index contributed by atoms with van der Waals surface area (Å²) < 4.78 is 0. The lowest BCUT2D eigenvalue weighted by Crippen LogP contribution is -2.34. The molecule has 1 heterocycles. The number of β-amino-alcohol motifs (C(OH)–C–C–N with tert-alkyl or cyclic N) is 1. The molecule has 11 nitrogen and oxygen atoms in total. The molecule has 1 aliphatic rings. The number of aliphatic hydroxyl groups is 1. The molecule has 0 fully saturated rings. The molecule has 0 radical (unpaired) electrons. The minimum atomic E-state index is -0.835. The third-order valence-corrected chi connectivity index (χ3v) is 3.23. The van der Waals surface area contributed by atoms with Crippen molar-refractivity contribution >= 4 is 28.9 Å². The zero-order valence-corrected chi connectivity index (χ0v) is 12.4. The van der Waals surface area contributed by atoms with Gasteiger partial charge in [0.1, 0.15) is 5.70 Å². The topological polar surface area (TPSA) is 156 Å². The molecule has 2 rings (SSSR count). The van der Waals surface area contributed by atoms with Crippen molar-refractivity contribution in [1.82, 2.24) is 4.90 Å². The van der Waals surface area contributed by atoms with Crippen LogP contribution in [0.1, 0.15) is 5.56 Å². The maximum atomic E-state index is 12.1. The maximum Gasteiger partial charge on any atom is 0.300 e. The molecule has 2 amide bonds. The number of anilines is 1. The zero-order valence-electron chi connectivity index (χ0n) is 12.4. The van der Waals surface area contributed by atoms with Gasteiger partial charge in [0, 0.05) is 18.2 Å². The van der Waals surface area contributed by atoms with Crippen LogP contribution in [0.3, 0.4) is 0 Å². The van der Waals surface area contributed by atoms with Crippen LogP contribution in [0.15, 0.2) is 23.9 Å². The molecule has 1 aliphatic heterocycles. The maximum absolute atomic E-state index is 12.1. The summed E-state index contributed by atoms with van der Waals surface area (Å²) in [5, 5.41) is 33.5. The molecule has 0 bridgehead atoms. The fraction of sp³-hybridized carbons (Fsp3) is 0.231. The van der Waals surface area contributed by atoms with Crippen molar-refractivity contribution in [3.05, 3.63) is 49.7 Å². The summed E-state index contributed by atoms with van der Waals surface area (Å²) in [6.45, 7) is 0.747. The number of nitrogens with one attached hydrogen (secondary N) is 1. The molecule has 0 saturated heterocycles. The van der Waals surface area contributed by atoms with Gasteiger partial charge in [-0.1, -0.05) is 0 Å². The van der Waals surface area contributed by atoms with Crippen LogP contribution in [-0.2, 0) is 9.59 Å². The van der Waals surface area contributed by atoms with Gasteiger partial charge in [0.2, 0.25) is 0 Å². The van der Waals surface area contributed by atoms with Crippen molar-refractivity contribution in [1.29, 1.82) is 0 Å². The summed E-state index contributed by atoms with van der Waals surface area (Å²) in [7, 11) is 0. The quantitative estimate of drug-likeness (QED) is 0.431. The number of aryl methyl sites for hydroxylation is 1. The molecule has 0 aromatic heterocycles. The summed E-state index contributed by atoms with van der Waals surface area (Å²) in [6, 6.07) is 2.23. The first-order valence-electron chi connectivity index (χ1n) is 6.65. The number of rotatable bonds is 6. The van der Waals surface area contributed by atoms with Crippen molar-refractivity contribution < 1.29 is 24.5 Å². The van der Waals surface area contributed by atoms with Gasteiger partial charge >= 0.3 is 0 Å². The fourth-order valence-corrected chi connectivity index (χ4v) is 2.21. The van der Waals surface area contributed by atoms with Gasteiger partial charge in [0.15, 0.2) is 5.69 Å². The highest BCUT2D eigenvalue weighted by molar-refractivity contribution is 6.17. The highest BCUT2D eigenvalue weighted by atomic mass is 16.6. The fourth-order valence-electron chi connectivity index (χ4n) is 2.21. The Labute approximate surface area is 134 Å². The number of hydrogen-bond acceptors (Lipinski definition) is 8. The predicted octanol–water partition coefficient (Wildman–Crippen LogP) is 0.468. The second-order valence-corrected chi connectivity index (χ2v) is 4.89. The number of aliphatic hydroxyl groups excluding tert-OH is 1. The number of nitrogens with zero attached hydrogens (tertiary/aromatic N) is 3. The molecule has 126 valence electrons. The lowest BCUT2D eigenvalue weighted by Gasteiger charge is -2.13. The Bertz CT molecular complexity index is 752. The van der Waals surface area contributed by atoms with E-state index < -0.39 is 45.3 Å². The Morgan fingerprint density at radius 2 is 1.71 bits per heavy atom. The molecule has 0 unspecified atom stereocenters. The van der Waals surface area contributed by atoms with Crippen LogP contribution in [0.25, 0.3) is 0 Å². The van der Waals surface area contributed by atoms with E-state index in [0.717, 1.165) is 18.2 Å². The molecule has 0 aliphatic carbocycles. The van der Waals surface area contributed by atoms with Crippen LogP contribution in [0.5, 0.6) is 0 Å². The number of carbonyl (C=O) groups is 2. The zero-order chi connectivity index (χ0) is 18.0. The molecule has 0 saturated carbocycles. The number of carbonyl (C=O) groups excluding carboxylic acids is 2. The Balaban J connectivity index is 2.48. The van der Waals surface area contributed by atoms with Gasteiger partial charge in [-0.3, -0.25) is 34.7 Å². The average Bonchev–Trinajstić information content (AvgIpc) is 2.76. The van der Waals surface area contributed by atoms with Crippen molar-refractivity contribution in [3.63, 3.8) is 0 Å². The molecular formula is C13H12N4O7. The van der Waals surface area contributed by atoms with Gasteiger partial charge in [-0.15, -0.1) is 0 Å². The summed E-state index contributed by atoms with van der Waals surface area (Å²) in [6.07, 6.45) is 0.866. The number of nitro groups is 2. The molecule has 0 spiro atoms. The van der Waals surface area contributed by atoms with E-state index in [1.807, 2.05) is 0 Å². The minimum absolute atomic E-state index is 0.253. The van der Waals surface area contributed by atoms with Gasteiger partial charge in [0.25, 0.3) is 23.2 Å². The first-order chi connectivity index (χ1) is 11.3. The Kier molecular flexibility index (Phi) is 4.55. The van der Waals surface area contributed by atoms with Crippen LogP contribution in [0.4, 0.5) is 17.1 Å². The van der Waals surface area contributed by atoms with Gasteiger partial charge < -0.3 is 10.4 Å². The van der Waals surface area contributed by atoms with E-state index in [1.54, 1.807) is 0 Å². The summed E-state index contributed by atoms with van der Waals surface area (Å²) in [4.78, 5) is 45.1. The van der Waals surface area contributed by atoms with Crippen LogP contribution >= 0.6 is 0 Å². The van der Waals surface area contributed by atoms with Gasteiger partial charge in [-0.2, -0.15) is 0 Å². The van der Waals surface area contributed by atoms with Crippen LogP contribution in [0, 0.1) is 27.2 Å². The summed E-state index contributed by atoms with van der Waals surface area (Å²) in [5.74, 6) is -1.56. The van der Waals surface area contributed by atoms with E-state index in [0.29, 0.717) is 10.5 Å². The van der Waals surface area contributed by atoms with Gasteiger partial charge in [-0.05, 0) is 12.5 Å². The Morgan fingerprint density at radius 1 is 1.17 bits per heavy atom. The smallest absolute Gasteiger partial charge is 0.300 e. The van der Waals surface area contributed by atoms with Crippen molar-refractivity contribution in [2.24, 2.45) is 0 Å². The van der Waals surface area contributed by atoms with Gasteiger partial charge in [-0.25, -0.2) is 0 Å². The highest BCUT2D eigenvalue weighted by Gasteiger charge is 2.34. The monoisotopic (exact) mass is 336 g/mol. The van der Waals surface area contributed by atoms with Crippen molar-refractivity contribution in [2.45, 2.75) is 6.92 Å². The third-order valence-electron chi connectivity index (χ3n) is 3.23. The first kappa shape index (κ1) is 17.0. The second-order valence-electron chi connectivity index (χ2n) is 4.89. The van der Waals surface area contributed by atoms with Crippen LogP contribution < -0.4 is 5.32 Å². The van der Waals surface area contributed by atoms with Gasteiger partial charge in [0.05, 0.1) is 23.0 Å². The summed E-state index contributed by atoms with van der Waals surface area (Å²) in [5.41, 5.74) is -1.73. The van der Waals surface area contributed by atoms with E-state index in [9.17, 15) is 29.8 Å². The van der Waals surface area contributed by atoms with E-state index in [1.165, 1.54) is 6.92 Å². The summed E-state index contributed by atoms with van der Waals surface area (Å²) >= 11 is 0. The number of benzene rings is 1. The molecule has 24 heavy (non-hydrogen) atoms.